The molecule has 0 saturated carbocycles. The van der Waals surface area contributed by atoms with Crippen molar-refractivity contribution >= 4 is 23.7 Å². The molecule has 212 valence electrons. The van der Waals surface area contributed by atoms with Gasteiger partial charge in [0.1, 0.15) is 12.4 Å². The van der Waals surface area contributed by atoms with Gasteiger partial charge in [-0.05, 0) is 65.6 Å². The van der Waals surface area contributed by atoms with Crippen molar-refractivity contribution in [1.82, 2.24) is 0 Å². The van der Waals surface area contributed by atoms with Crippen LogP contribution in [0.2, 0.25) is 0 Å². The number of allylic oxidation sites excluding steroid dienone is 1. The SMILES string of the molecule is [C-]#[N+]c1ccc(-c2ccc(COc3ccccc3C=CC(CCCCC(=O)O)Cc3ccc(C(=O)O)cc3)cc2)cc1. The second kappa shape index (κ2) is 15.0. The Hall–Kier alpha value is -5.15. The highest BCUT2D eigenvalue weighted by Gasteiger charge is 2.10. The van der Waals surface area contributed by atoms with E-state index in [0.29, 0.717) is 18.7 Å². The number of rotatable bonds is 14. The molecule has 0 bridgehead atoms. The van der Waals surface area contributed by atoms with E-state index < -0.39 is 11.9 Å². The minimum Gasteiger partial charge on any atom is -0.488 e. The van der Waals surface area contributed by atoms with Gasteiger partial charge < -0.3 is 14.9 Å². The number of benzene rings is 4. The summed E-state index contributed by atoms with van der Waals surface area (Å²) in [4.78, 5) is 25.6. The molecule has 1 unspecified atom stereocenters. The minimum absolute atomic E-state index is 0.149. The Morgan fingerprint density at radius 1 is 0.810 bits per heavy atom. The average molecular weight is 560 g/mol. The molecule has 6 nitrogen and oxygen atoms in total. The van der Waals surface area contributed by atoms with Crippen LogP contribution in [0.5, 0.6) is 5.75 Å². The molecule has 0 aromatic heterocycles. The first-order valence-corrected chi connectivity index (χ1v) is 13.9. The Morgan fingerprint density at radius 2 is 1.45 bits per heavy atom. The van der Waals surface area contributed by atoms with E-state index in [0.717, 1.165) is 52.8 Å². The maximum absolute atomic E-state index is 11.2. The lowest BCUT2D eigenvalue weighted by Gasteiger charge is -2.14. The van der Waals surface area contributed by atoms with Crippen LogP contribution in [0.1, 0.15) is 52.7 Å². The van der Waals surface area contributed by atoms with Gasteiger partial charge in [-0.3, -0.25) is 4.79 Å². The number of unbranched alkanes of at least 4 members (excludes halogenated alkanes) is 1. The molecule has 6 heteroatoms. The molecule has 4 aromatic carbocycles. The number of para-hydroxylation sites is 1. The van der Waals surface area contributed by atoms with Crippen molar-refractivity contribution in [3.8, 4) is 16.9 Å². The van der Waals surface area contributed by atoms with E-state index in [1.807, 2.05) is 72.8 Å². The first kappa shape index (κ1) is 29.8. The Balaban J connectivity index is 1.42. The summed E-state index contributed by atoms with van der Waals surface area (Å²) in [5, 5.41) is 18.2. The summed E-state index contributed by atoms with van der Waals surface area (Å²) in [5.41, 5.74) is 6.02. The Kier molecular flexibility index (Phi) is 10.7. The number of hydrogen-bond donors (Lipinski definition) is 2. The van der Waals surface area contributed by atoms with Crippen molar-refractivity contribution < 1.29 is 24.5 Å². The summed E-state index contributed by atoms with van der Waals surface area (Å²) in [7, 11) is 0. The number of carboxylic acid groups (broad SMARTS) is 2. The standard InChI is InChI=1S/C36H33NO5/c1-37-33-22-20-30(21-23-33)29-15-13-28(14-16-29)25-42-34-8-4-3-7-31(34)17-10-26(6-2-5-9-35(38)39)24-27-11-18-32(19-12-27)36(40)41/h3-4,7-8,10-23,26H,2,5-6,9,24-25H2,(H,38,39)(H,40,41). The lowest BCUT2D eigenvalue weighted by Crippen LogP contribution is -2.04. The summed E-state index contributed by atoms with van der Waals surface area (Å²) >= 11 is 0. The number of nitrogens with zero attached hydrogens (tertiary/aromatic N) is 1. The number of carbonyl (C=O) groups is 2. The smallest absolute Gasteiger partial charge is 0.335 e. The van der Waals surface area contributed by atoms with Crippen molar-refractivity contribution in [2.75, 3.05) is 0 Å². The van der Waals surface area contributed by atoms with E-state index in [2.05, 4.69) is 29.1 Å². The van der Waals surface area contributed by atoms with Crippen LogP contribution in [0.15, 0.2) is 103 Å². The molecule has 2 N–H and O–H groups in total. The Morgan fingerprint density at radius 3 is 2.10 bits per heavy atom. The molecule has 0 spiro atoms. The first-order valence-electron chi connectivity index (χ1n) is 13.9. The van der Waals surface area contributed by atoms with E-state index in [-0.39, 0.29) is 17.9 Å². The predicted octanol–water partition coefficient (Wildman–Crippen LogP) is 8.70. The number of ether oxygens (including phenoxy) is 1. The third-order valence-electron chi connectivity index (χ3n) is 7.06. The molecule has 0 aliphatic heterocycles. The largest absolute Gasteiger partial charge is 0.488 e. The first-order chi connectivity index (χ1) is 20.4. The van der Waals surface area contributed by atoms with Crippen LogP contribution >= 0.6 is 0 Å². The van der Waals surface area contributed by atoms with Crippen LogP contribution in [0.25, 0.3) is 22.0 Å². The normalized spacial score (nSPS) is 11.6. The second-order valence-corrected chi connectivity index (χ2v) is 10.1. The average Bonchev–Trinajstić information content (AvgIpc) is 3.01. The van der Waals surface area contributed by atoms with E-state index in [9.17, 15) is 14.7 Å². The maximum Gasteiger partial charge on any atom is 0.335 e. The van der Waals surface area contributed by atoms with Crippen molar-refractivity contribution in [2.24, 2.45) is 5.92 Å². The predicted molar refractivity (Wildman–Crippen MR) is 165 cm³/mol. The molecular weight excluding hydrogens is 526 g/mol. The monoisotopic (exact) mass is 559 g/mol. The third-order valence-corrected chi connectivity index (χ3v) is 7.06. The summed E-state index contributed by atoms with van der Waals surface area (Å²) in [5.74, 6) is -0.823. The molecule has 0 aliphatic rings. The topological polar surface area (TPSA) is 88.2 Å². The van der Waals surface area contributed by atoms with Gasteiger partial charge in [0.2, 0.25) is 0 Å². The quantitative estimate of drug-likeness (QED) is 0.119. The highest BCUT2D eigenvalue weighted by molar-refractivity contribution is 5.87. The molecule has 4 rings (SSSR count). The van der Waals surface area contributed by atoms with Crippen LogP contribution in [-0.4, -0.2) is 22.2 Å². The molecule has 0 radical (unpaired) electrons. The summed E-state index contributed by atoms with van der Waals surface area (Å²) in [6, 6.07) is 30.5. The van der Waals surface area contributed by atoms with Crippen molar-refractivity contribution in [2.45, 2.75) is 38.7 Å². The summed E-state index contributed by atoms with van der Waals surface area (Å²) in [6.07, 6.45) is 7.28. The number of aromatic carboxylic acids is 1. The number of aliphatic carboxylic acids is 1. The molecule has 0 amide bonds. The highest BCUT2D eigenvalue weighted by atomic mass is 16.5. The number of carboxylic acids is 2. The molecule has 42 heavy (non-hydrogen) atoms. The maximum atomic E-state index is 11.2. The van der Waals surface area contributed by atoms with E-state index in [4.69, 9.17) is 16.4 Å². The zero-order valence-corrected chi connectivity index (χ0v) is 23.3. The molecule has 0 fully saturated rings. The lowest BCUT2D eigenvalue weighted by atomic mass is 9.92. The van der Waals surface area contributed by atoms with Gasteiger partial charge in [0.15, 0.2) is 5.69 Å². The minimum atomic E-state index is -0.952. The lowest BCUT2D eigenvalue weighted by molar-refractivity contribution is -0.137. The molecule has 0 heterocycles. The van der Waals surface area contributed by atoms with Gasteiger partial charge in [-0.25, -0.2) is 9.64 Å². The van der Waals surface area contributed by atoms with Crippen molar-refractivity contribution in [3.63, 3.8) is 0 Å². The second-order valence-electron chi connectivity index (χ2n) is 10.1. The molecule has 4 aromatic rings. The molecule has 0 saturated heterocycles. The van der Waals surface area contributed by atoms with E-state index >= 15 is 0 Å². The van der Waals surface area contributed by atoms with Gasteiger partial charge in [-0.2, -0.15) is 0 Å². The van der Waals surface area contributed by atoms with Crippen LogP contribution in [-0.2, 0) is 17.8 Å². The van der Waals surface area contributed by atoms with E-state index in [1.165, 1.54) is 0 Å². The Labute approximate surface area is 246 Å². The van der Waals surface area contributed by atoms with Gasteiger partial charge in [0.05, 0.1) is 12.1 Å². The molecular formula is C36H33NO5. The van der Waals surface area contributed by atoms with Gasteiger partial charge in [0, 0.05) is 12.0 Å². The van der Waals surface area contributed by atoms with Gasteiger partial charge in [-0.15, -0.1) is 0 Å². The van der Waals surface area contributed by atoms with Crippen molar-refractivity contribution in [1.29, 1.82) is 0 Å². The third kappa shape index (κ3) is 8.94. The van der Waals surface area contributed by atoms with Crippen LogP contribution < -0.4 is 4.74 Å². The van der Waals surface area contributed by atoms with Gasteiger partial charge in [0.25, 0.3) is 0 Å². The van der Waals surface area contributed by atoms with E-state index in [1.54, 1.807) is 12.1 Å². The fourth-order valence-corrected chi connectivity index (χ4v) is 4.71. The molecule has 0 aliphatic carbocycles. The van der Waals surface area contributed by atoms with Crippen LogP contribution in [0, 0.1) is 12.5 Å². The highest BCUT2D eigenvalue weighted by Crippen LogP contribution is 2.26. The van der Waals surface area contributed by atoms with Gasteiger partial charge in [-0.1, -0.05) is 97.4 Å². The fourth-order valence-electron chi connectivity index (χ4n) is 4.71. The Bertz CT molecular complexity index is 1550. The van der Waals surface area contributed by atoms with Crippen LogP contribution in [0.4, 0.5) is 5.69 Å². The van der Waals surface area contributed by atoms with Gasteiger partial charge >= 0.3 is 11.9 Å². The molecule has 1 atom stereocenters. The zero-order chi connectivity index (χ0) is 29.7. The van der Waals surface area contributed by atoms with Crippen LogP contribution in [0.3, 0.4) is 0 Å². The van der Waals surface area contributed by atoms with Crippen molar-refractivity contribution in [3.05, 3.63) is 137 Å². The zero-order valence-electron chi connectivity index (χ0n) is 23.3. The summed E-state index contributed by atoms with van der Waals surface area (Å²) in [6.45, 7) is 7.52. The fraction of sp³-hybridized carbons (Fsp3) is 0.194. The summed E-state index contributed by atoms with van der Waals surface area (Å²) < 4.78 is 6.20. The number of hydrogen-bond acceptors (Lipinski definition) is 3.